The highest BCUT2D eigenvalue weighted by Gasteiger charge is 2.12. The van der Waals surface area contributed by atoms with Crippen LogP contribution in [-0.4, -0.2) is 23.2 Å². The van der Waals surface area contributed by atoms with E-state index in [2.05, 4.69) is 10.1 Å². The Labute approximate surface area is 143 Å². The van der Waals surface area contributed by atoms with E-state index in [1.165, 1.54) is 18.2 Å². The Morgan fingerprint density at radius 1 is 1.20 bits per heavy atom. The van der Waals surface area contributed by atoms with E-state index in [0.717, 1.165) is 11.3 Å². The Kier molecular flexibility index (Phi) is 5.03. The normalized spacial score (nSPS) is 10.5. The van der Waals surface area contributed by atoms with E-state index in [1.807, 2.05) is 0 Å². The molecule has 25 heavy (non-hydrogen) atoms. The zero-order chi connectivity index (χ0) is 17.6. The number of halogens is 1. The summed E-state index contributed by atoms with van der Waals surface area (Å²) in [4.78, 5) is 16.0. The Balaban J connectivity index is 1.56. The molecule has 0 aliphatic carbocycles. The zero-order valence-corrected chi connectivity index (χ0v) is 13.4. The van der Waals surface area contributed by atoms with Gasteiger partial charge in [-0.05, 0) is 42.0 Å². The molecule has 0 unspecified atom stereocenters. The van der Waals surface area contributed by atoms with E-state index in [1.54, 1.807) is 37.4 Å². The number of ether oxygens (including phenoxy) is 2. The standard InChI is InChI=1S/C18H15FN2O4/c1-23-15-7-5-13(6-8-15)18-20-16(25-21-18)11-24-17(22)10-12-3-2-4-14(19)9-12/h2-9H,10-11H2,1H3. The fraction of sp³-hybridized carbons (Fsp3) is 0.167. The third-order valence-corrected chi connectivity index (χ3v) is 3.41. The molecule has 1 heterocycles. The lowest BCUT2D eigenvalue weighted by Gasteiger charge is -2.02. The number of nitrogens with zero attached hydrogens (tertiary/aromatic N) is 2. The number of esters is 1. The van der Waals surface area contributed by atoms with Crippen molar-refractivity contribution in [3.8, 4) is 17.1 Å². The topological polar surface area (TPSA) is 74.5 Å². The average Bonchev–Trinajstić information content (AvgIpc) is 3.09. The first-order chi connectivity index (χ1) is 12.1. The van der Waals surface area contributed by atoms with Crippen LogP contribution in [-0.2, 0) is 22.6 Å². The first-order valence-corrected chi connectivity index (χ1v) is 7.51. The molecule has 0 fully saturated rings. The van der Waals surface area contributed by atoms with Crippen molar-refractivity contribution in [2.24, 2.45) is 0 Å². The summed E-state index contributed by atoms with van der Waals surface area (Å²) in [5.74, 6) is 0.386. The third kappa shape index (κ3) is 4.41. The van der Waals surface area contributed by atoms with Gasteiger partial charge in [0.1, 0.15) is 11.6 Å². The van der Waals surface area contributed by atoms with Gasteiger partial charge in [0.2, 0.25) is 5.82 Å². The molecule has 7 heteroatoms. The van der Waals surface area contributed by atoms with Crippen LogP contribution in [0.25, 0.3) is 11.4 Å². The van der Waals surface area contributed by atoms with E-state index in [-0.39, 0.29) is 18.9 Å². The molecular formula is C18H15FN2O4. The van der Waals surface area contributed by atoms with Gasteiger partial charge in [-0.1, -0.05) is 17.3 Å². The van der Waals surface area contributed by atoms with Crippen LogP contribution in [0.3, 0.4) is 0 Å². The van der Waals surface area contributed by atoms with Crippen molar-refractivity contribution in [3.63, 3.8) is 0 Å². The molecule has 0 saturated carbocycles. The highest BCUT2D eigenvalue weighted by molar-refractivity contribution is 5.72. The number of carbonyl (C=O) groups is 1. The second kappa shape index (κ2) is 7.57. The molecule has 0 spiro atoms. The minimum atomic E-state index is -0.505. The van der Waals surface area contributed by atoms with Gasteiger partial charge in [0.05, 0.1) is 13.5 Å². The fourth-order valence-corrected chi connectivity index (χ4v) is 2.18. The summed E-state index contributed by atoms with van der Waals surface area (Å²) in [6, 6.07) is 12.9. The molecule has 0 saturated heterocycles. The van der Waals surface area contributed by atoms with Gasteiger partial charge in [-0.3, -0.25) is 4.79 Å². The highest BCUT2D eigenvalue weighted by atomic mass is 19.1. The third-order valence-electron chi connectivity index (χ3n) is 3.41. The molecule has 2 aromatic carbocycles. The van der Waals surface area contributed by atoms with Gasteiger partial charge in [0.25, 0.3) is 5.89 Å². The summed E-state index contributed by atoms with van der Waals surface area (Å²) < 4.78 is 28.3. The molecular weight excluding hydrogens is 327 g/mol. The number of rotatable bonds is 6. The molecule has 0 aliphatic heterocycles. The minimum absolute atomic E-state index is 0.0305. The van der Waals surface area contributed by atoms with Crippen LogP contribution in [0, 0.1) is 5.82 Å². The maximum atomic E-state index is 13.1. The minimum Gasteiger partial charge on any atom is -0.497 e. The Morgan fingerprint density at radius 2 is 2.00 bits per heavy atom. The van der Waals surface area contributed by atoms with Gasteiger partial charge in [-0.25, -0.2) is 4.39 Å². The summed E-state index contributed by atoms with van der Waals surface area (Å²) >= 11 is 0. The van der Waals surface area contributed by atoms with Crippen LogP contribution in [0.5, 0.6) is 5.75 Å². The van der Waals surface area contributed by atoms with Crippen molar-refractivity contribution < 1.29 is 23.2 Å². The number of aromatic nitrogens is 2. The van der Waals surface area contributed by atoms with Crippen molar-refractivity contribution in [1.82, 2.24) is 10.1 Å². The molecule has 6 nitrogen and oxygen atoms in total. The van der Waals surface area contributed by atoms with Crippen LogP contribution in [0.1, 0.15) is 11.5 Å². The summed E-state index contributed by atoms with van der Waals surface area (Å²) in [5.41, 5.74) is 1.29. The molecule has 0 atom stereocenters. The predicted octanol–water partition coefficient (Wildman–Crippen LogP) is 3.17. The van der Waals surface area contributed by atoms with Gasteiger partial charge in [0, 0.05) is 5.56 Å². The zero-order valence-electron chi connectivity index (χ0n) is 13.4. The van der Waals surface area contributed by atoms with E-state index in [9.17, 15) is 9.18 Å². The van der Waals surface area contributed by atoms with Crippen molar-refractivity contribution in [2.45, 2.75) is 13.0 Å². The second-order valence-electron chi connectivity index (χ2n) is 5.21. The molecule has 0 aliphatic rings. The van der Waals surface area contributed by atoms with Crippen LogP contribution in [0.4, 0.5) is 4.39 Å². The number of benzene rings is 2. The number of hydrogen-bond acceptors (Lipinski definition) is 6. The van der Waals surface area contributed by atoms with Crippen molar-refractivity contribution in [2.75, 3.05) is 7.11 Å². The number of methoxy groups -OCH3 is 1. The first-order valence-electron chi connectivity index (χ1n) is 7.51. The maximum Gasteiger partial charge on any atom is 0.310 e. The lowest BCUT2D eigenvalue weighted by molar-refractivity contribution is -0.144. The molecule has 0 bridgehead atoms. The summed E-state index contributed by atoms with van der Waals surface area (Å²) in [7, 11) is 1.58. The van der Waals surface area contributed by atoms with Gasteiger partial charge >= 0.3 is 5.97 Å². The van der Waals surface area contributed by atoms with Gasteiger partial charge in [-0.15, -0.1) is 0 Å². The Hall–Kier alpha value is -3.22. The smallest absolute Gasteiger partial charge is 0.310 e. The lowest BCUT2D eigenvalue weighted by Crippen LogP contribution is -2.08. The van der Waals surface area contributed by atoms with E-state index in [0.29, 0.717) is 11.4 Å². The van der Waals surface area contributed by atoms with Crippen molar-refractivity contribution >= 4 is 5.97 Å². The molecule has 0 amide bonds. The summed E-state index contributed by atoms with van der Waals surface area (Å²) in [5, 5.41) is 3.85. The first kappa shape index (κ1) is 16.6. The highest BCUT2D eigenvalue weighted by Crippen LogP contribution is 2.19. The Bertz CT molecular complexity index is 862. The van der Waals surface area contributed by atoms with Crippen LogP contribution < -0.4 is 4.74 Å². The van der Waals surface area contributed by atoms with Crippen LogP contribution >= 0.6 is 0 Å². The van der Waals surface area contributed by atoms with E-state index < -0.39 is 11.8 Å². The summed E-state index contributed by atoms with van der Waals surface area (Å²) in [6.07, 6.45) is -0.0305. The molecule has 3 aromatic rings. The number of carbonyl (C=O) groups excluding carboxylic acids is 1. The summed E-state index contributed by atoms with van der Waals surface area (Å²) in [6.45, 7) is -0.142. The lowest BCUT2D eigenvalue weighted by atomic mass is 10.1. The van der Waals surface area contributed by atoms with Crippen LogP contribution in [0.2, 0.25) is 0 Å². The van der Waals surface area contributed by atoms with Gasteiger partial charge in [0.15, 0.2) is 6.61 Å². The second-order valence-corrected chi connectivity index (χ2v) is 5.21. The molecule has 0 radical (unpaired) electrons. The van der Waals surface area contributed by atoms with E-state index in [4.69, 9.17) is 14.0 Å². The molecule has 1 aromatic heterocycles. The fourth-order valence-electron chi connectivity index (χ4n) is 2.18. The quantitative estimate of drug-likeness (QED) is 0.641. The SMILES string of the molecule is COc1ccc(-c2noc(COC(=O)Cc3cccc(F)c3)n2)cc1. The average molecular weight is 342 g/mol. The molecule has 0 N–H and O–H groups in total. The maximum absolute atomic E-state index is 13.1. The monoisotopic (exact) mass is 342 g/mol. The van der Waals surface area contributed by atoms with Gasteiger partial charge in [-0.2, -0.15) is 4.98 Å². The molecule has 128 valence electrons. The number of hydrogen-bond donors (Lipinski definition) is 0. The van der Waals surface area contributed by atoms with E-state index >= 15 is 0 Å². The Morgan fingerprint density at radius 3 is 2.72 bits per heavy atom. The van der Waals surface area contributed by atoms with Gasteiger partial charge < -0.3 is 14.0 Å². The van der Waals surface area contributed by atoms with Crippen LogP contribution in [0.15, 0.2) is 53.1 Å². The van der Waals surface area contributed by atoms with Crippen molar-refractivity contribution in [1.29, 1.82) is 0 Å². The predicted molar refractivity (Wildman–Crippen MR) is 86.2 cm³/mol. The largest absolute Gasteiger partial charge is 0.497 e. The molecule has 3 rings (SSSR count). The van der Waals surface area contributed by atoms with Crippen molar-refractivity contribution in [3.05, 3.63) is 65.8 Å².